The van der Waals surface area contributed by atoms with E-state index in [1.54, 1.807) is 11.3 Å². The van der Waals surface area contributed by atoms with Crippen molar-refractivity contribution in [1.82, 2.24) is 15.6 Å². The summed E-state index contributed by atoms with van der Waals surface area (Å²) in [6.45, 7) is 6.16. The number of thiophene rings is 1. The number of amides is 1. The van der Waals surface area contributed by atoms with Crippen LogP contribution < -0.4 is 16.4 Å². The van der Waals surface area contributed by atoms with E-state index in [0.717, 1.165) is 28.5 Å². The van der Waals surface area contributed by atoms with Crippen molar-refractivity contribution in [2.45, 2.75) is 26.8 Å². The summed E-state index contributed by atoms with van der Waals surface area (Å²) in [4.78, 5) is 21.9. The zero-order chi connectivity index (χ0) is 18.1. The monoisotopic (exact) mass is 381 g/mol. The highest BCUT2D eigenvalue weighted by molar-refractivity contribution is 7.16. The van der Waals surface area contributed by atoms with E-state index in [1.165, 1.54) is 18.3 Å². The maximum Gasteiger partial charge on any atom is 0.217 e. The molecule has 0 aliphatic heterocycles. The second-order valence-corrected chi connectivity index (χ2v) is 7.17. The minimum absolute atomic E-state index is 0.0375. The van der Waals surface area contributed by atoms with E-state index < -0.39 is 0 Å². The van der Waals surface area contributed by atoms with Crippen LogP contribution in [0.25, 0.3) is 10.6 Å². The van der Waals surface area contributed by atoms with Gasteiger partial charge >= 0.3 is 0 Å². The lowest BCUT2D eigenvalue weighted by molar-refractivity contribution is -0.119. The Morgan fingerprint density at radius 2 is 2.24 bits per heavy atom. The molecule has 0 atom stereocenters. The highest BCUT2D eigenvalue weighted by Gasteiger charge is 2.08. The average Bonchev–Trinajstić information content (AvgIpc) is 3.21. The van der Waals surface area contributed by atoms with Gasteiger partial charge in [-0.1, -0.05) is 0 Å². The molecule has 1 amide bonds. The Kier molecular flexibility index (Phi) is 7.83. The first-order valence-electron chi connectivity index (χ1n) is 8.03. The van der Waals surface area contributed by atoms with Gasteiger partial charge < -0.3 is 21.1 Å². The van der Waals surface area contributed by atoms with Crippen molar-refractivity contribution >= 4 is 39.7 Å². The van der Waals surface area contributed by atoms with Crippen molar-refractivity contribution in [3.8, 4) is 10.6 Å². The molecular weight excluding hydrogens is 358 g/mol. The lowest BCUT2D eigenvalue weighted by Crippen LogP contribution is -2.32. The normalized spacial score (nSPS) is 11.5. The third-order valence-corrected chi connectivity index (χ3v) is 4.95. The zero-order valence-electron chi connectivity index (χ0n) is 14.4. The number of hydrogen-bond donors (Lipinski definition) is 3. The minimum atomic E-state index is -0.0375. The molecule has 25 heavy (non-hydrogen) atoms. The predicted octanol–water partition coefficient (Wildman–Crippen LogP) is 2.47. The average molecular weight is 382 g/mol. The topological polar surface area (TPSA) is 102 Å². The number of thiazole rings is 1. The molecule has 0 aliphatic rings. The van der Waals surface area contributed by atoms with Crippen LogP contribution >= 0.6 is 22.7 Å². The van der Waals surface area contributed by atoms with Crippen LogP contribution in [-0.2, 0) is 16.1 Å². The molecule has 9 heteroatoms. The lowest BCUT2D eigenvalue weighted by atomic mass is 10.3. The van der Waals surface area contributed by atoms with E-state index in [1.807, 2.05) is 24.4 Å². The Bertz CT molecular complexity index is 711. The Morgan fingerprint density at radius 1 is 1.40 bits per heavy atom. The number of guanidine groups is 1. The first-order valence-corrected chi connectivity index (χ1v) is 9.73. The fourth-order valence-corrected chi connectivity index (χ4v) is 3.61. The summed E-state index contributed by atoms with van der Waals surface area (Å²) >= 11 is 3.04. The molecule has 2 aromatic rings. The van der Waals surface area contributed by atoms with Crippen molar-refractivity contribution in [1.29, 1.82) is 0 Å². The number of nitrogens with zero attached hydrogens (tertiary/aromatic N) is 2. The van der Waals surface area contributed by atoms with Gasteiger partial charge in [0.25, 0.3) is 0 Å². The molecule has 0 fully saturated rings. The third-order valence-electron chi connectivity index (χ3n) is 3.11. The first-order chi connectivity index (χ1) is 12.1. The highest BCUT2D eigenvalue weighted by atomic mass is 32.1. The summed E-state index contributed by atoms with van der Waals surface area (Å²) in [6.07, 6.45) is 0.874. The number of ether oxygens (including phenoxy) is 1. The molecule has 2 aromatic heterocycles. The van der Waals surface area contributed by atoms with Crippen LogP contribution in [0.5, 0.6) is 0 Å². The quantitative estimate of drug-likeness (QED) is 0.352. The molecule has 136 valence electrons. The molecular formula is C16H23N5O2S2. The Balaban J connectivity index is 1.88. The standard InChI is InChI=1S/C16H23N5O2S2/c1-3-23-8-4-7-18-15(17)21-16-20-13(10-24-16)14-6-5-12(25-14)9-19-11(2)22/h5-6,10H,3-4,7-9H2,1-2H3,(H,19,22)(H3,17,18,20,21). The fraction of sp³-hybridized carbons (Fsp3) is 0.438. The predicted molar refractivity (Wildman–Crippen MR) is 103 cm³/mol. The second kappa shape index (κ2) is 10.1. The van der Waals surface area contributed by atoms with E-state index in [2.05, 4.69) is 20.6 Å². The fourth-order valence-electron chi connectivity index (χ4n) is 1.93. The van der Waals surface area contributed by atoms with Crippen LogP contribution in [-0.4, -0.2) is 36.6 Å². The number of carbonyl (C=O) groups excluding carboxylic acids is 1. The van der Waals surface area contributed by atoms with Crippen LogP contribution in [0.3, 0.4) is 0 Å². The van der Waals surface area contributed by atoms with Crippen LogP contribution in [0.1, 0.15) is 25.1 Å². The van der Waals surface area contributed by atoms with E-state index in [0.29, 0.717) is 30.8 Å². The van der Waals surface area contributed by atoms with Gasteiger partial charge in [0.2, 0.25) is 11.0 Å². The SMILES string of the molecule is CCOCCCN/C(N)=N/c1nc(-c2ccc(CNC(C)=O)s2)cs1. The first kappa shape index (κ1) is 19.4. The van der Waals surface area contributed by atoms with Gasteiger partial charge in [-0.3, -0.25) is 4.79 Å². The molecule has 0 spiro atoms. The van der Waals surface area contributed by atoms with Crippen molar-refractivity contribution in [2.24, 2.45) is 10.7 Å². The van der Waals surface area contributed by atoms with E-state index in [-0.39, 0.29) is 5.91 Å². The highest BCUT2D eigenvalue weighted by Crippen LogP contribution is 2.31. The van der Waals surface area contributed by atoms with Gasteiger partial charge in [0, 0.05) is 36.9 Å². The minimum Gasteiger partial charge on any atom is -0.382 e. The number of aromatic nitrogens is 1. The van der Waals surface area contributed by atoms with E-state index >= 15 is 0 Å². The summed E-state index contributed by atoms with van der Waals surface area (Å²) in [5.74, 6) is 0.319. The number of nitrogens with one attached hydrogen (secondary N) is 2. The third kappa shape index (κ3) is 6.81. The van der Waals surface area contributed by atoms with Gasteiger partial charge in [-0.05, 0) is 25.5 Å². The molecule has 7 nitrogen and oxygen atoms in total. The molecule has 0 bridgehead atoms. The molecule has 0 saturated carbocycles. The summed E-state index contributed by atoms with van der Waals surface area (Å²) < 4.78 is 5.27. The van der Waals surface area contributed by atoms with Gasteiger partial charge in [0.1, 0.15) is 0 Å². The summed E-state index contributed by atoms with van der Waals surface area (Å²) in [5.41, 5.74) is 6.74. The molecule has 0 radical (unpaired) electrons. The zero-order valence-corrected chi connectivity index (χ0v) is 16.0. The van der Waals surface area contributed by atoms with Crippen LogP contribution in [0, 0.1) is 0 Å². The number of aliphatic imine (C=N–C) groups is 1. The largest absolute Gasteiger partial charge is 0.382 e. The maximum atomic E-state index is 11.0. The van der Waals surface area contributed by atoms with Gasteiger partial charge in [-0.15, -0.1) is 22.7 Å². The van der Waals surface area contributed by atoms with Gasteiger partial charge in [-0.25, -0.2) is 4.98 Å². The molecule has 2 rings (SSSR count). The van der Waals surface area contributed by atoms with Crippen LogP contribution in [0.4, 0.5) is 5.13 Å². The van der Waals surface area contributed by atoms with Crippen molar-refractivity contribution in [3.05, 3.63) is 22.4 Å². The number of carbonyl (C=O) groups is 1. The Morgan fingerprint density at radius 3 is 3.00 bits per heavy atom. The molecule has 0 aliphatic carbocycles. The number of rotatable bonds is 9. The summed E-state index contributed by atoms with van der Waals surface area (Å²) in [6, 6.07) is 3.99. The van der Waals surface area contributed by atoms with Gasteiger partial charge in [0.05, 0.1) is 17.1 Å². The van der Waals surface area contributed by atoms with Gasteiger partial charge in [0.15, 0.2) is 5.96 Å². The van der Waals surface area contributed by atoms with Crippen molar-refractivity contribution in [3.63, 3.8) is 0 Å². The number of nitrogens with two attached hydrogens (primary N) is 1. The summed E-state index contributed by atoms with van der Waals surface area (Å²) in [5, 5.41) is 8.40. The molecule has 0 saturated heterocycles. The van der Waals surface area contributed by atoms with Gasteiger partial charge in [-0.2, -0.15) is 4.99 Å². The van der Waals surface area contributed by atoms with E-state index in [4.69, 9.17) is 10.5 Å². The molecule has 2 heterocycles. The molecule has 0 unspecified atom stereocenters. The van der Waals surface area contributed by atoms with E-state index in [9.17, 15) is 4.79 Å². The lowest BCUT2D eigenvalue weighted by Gasteiger charge is -2.04. The smallest absolute Gasteiger partial charge is 0.217 e. The second-order valence-electron chi connectivity index (χ2n) is 5.17. The molecule has 4 N–H and O–H groups in total. The van der Waals surface area contributed by atoms with Crippen LogP contribution in [0.15, 0.2) is 22.5 Å². The maximum absolute atomic E-state index is 11.0. The summed E-state index contributed by atoms with van der Waals surface area (Å²) in [7, 11) is 0. The van der Waals surface area contributed by atoms with Crippen molar-refractivity contribution in [2.75, 3.05) is 19.8 Å². The molecule has 0 aromatic carbocycles. The van der Waals surface area contributed by atoms with Crippen molar-refractivity contribution < 1.29 is 9.53 Å². The van der Waals surface area contributed by atoms with Crippen LogP contribution in [0.2, 0.25) is 0 Å². The Labute approximate surface area is 155 Å². The Hall–Kier alpha value is -1.97. The number of hydrogen-bond acceptors (Lipinski definition) is 6.